The van der Waals surface area contributed by atoms with Crippen LogP contribution in [0.5, 0.6) is 0 Å². The summed E-state index contributed by atoms with van der Waals surface area (Å²) < 4.78 is 5.38. The molecule has 4 heteroatoms. The molecule has 0 radical (unpaired) electrons. The third-order valence-electron chi connectivity index (χ3n) is 4.64. The normalized spacial score (nSPS) is 10.6. The van der Waals surface area contributed by atoms with Crippen LogP contribution in [0.4, 0.5) is 0 Å². The molecule has 0 aliphatic carbocycles. The first kappa shape index (κ1) is 20.7. The van der Waals surface area contributed by atoms with Crippen molar-refractivity contribution in [2.75, 3.05) is 0 Å². The van der Waals surface area contributed by atoms with Crippen molar-refractivity contribution in [2.45, 2.75) is 59.0 Å². The van der Waals surface area contributed by atoms with Crippen LogP contribution in [0.15, 0.2) is 42.5 Å². The van der Waals surface area contributed by atoms with Crippen LogP contribution in [0.3, 0.4) is 0 Å². The molecule has 2 rings (SSSR count). The largest absolute Gasteiger partial charge is 0.478 e. The minimum absolute atomic E-state index is 0.107. The summed E-state index contributed by atoms with van der Waals surface area (Å²) in [7, 11) is 0. The molecule has 0 saturated heterocycles. The molecule has 144 valence electrons. The quantitative estimate of drug-likeness (QED) is 0.568. The van der Waals surface area contributed by atoms with Gasteiger partial charge in [-0.2, -0.15) is 0 Å². The third kappa shape index (κ3) is 5.68. The number of ether oxygens (including phenoxy) is 1. The highest BCUT2D eigenvalue weighted by atomic mass is 16.5. The third-order valence-corrected chi connectivity index (χ3v) is 4.64. The molecule has 0 aliphatic rings. The van der Waals surface area contributed by atoms with Crippen molar-refractivity contribution in [3.63, 3.8) is 0 Å². The zero-order valence-corrected chi connectivity index (χ0v) is 16.2. The first-order valence-electron chi connectivity index (χ1n) is 9.67. The Morgan fingerprint density at radius 3 is 2.22 bits per heavy atom. The zero-order valence-electron chi connectivity index (χ0n) is 16.2. The van der Waals surface area contributed by atoms with E-state index in [9.17, 15) is 14.7 Å². The summed E-state index contributed by atoms with van der Waals surface area (Å²) in [6.07, 6.45) is 5.38. The molecule has 27 heavy (non-hydrogen) atoms. The van der Waals surface area contributed by atoms with Gasteiger partial charge in [0, 0.05) is 0 Å². The maximum Gasteiger partial charge on any atom is 0.339 e. The topological polar surface area (TPSA) is 63.6 Å². The van der Waals surface area contributed by atoms with Crippen molar-refractivity contribution in [1.82, 2.24) is 0 Å². The van der Waals surface area contributed by atoms with Gasteiger partial charge in [0.15, 0.2) is 0 Å². The van der Waals surface area contributed by atoms with Gasteiger partial charge in [-0.05, 0) is 48.4 Å². The highest BCUT2D eigenvalue weighted by Crippen LogP contribution is 2.25. The van der Waals surface area contributed by atoms with Crippen LogP contribution in [0.1, 0.15) is 76.9 Å². The molecule has 0 fully saturated rings. The number of aromatic carboxylic acids is 1. The van der Waals surface area contributed by atoms with Gasteiger partial charge in [-0.25, -0.2) is 9.59 Å². The second-order valence-electron chi connectivity index (χ2n) is 6.70. The van der Waals surface area contributed by atoms with E-state index >= 15 is 0 Å². The van der Waals surface area contributed by atoms with Crippen LogP contribution in [-0.4, -0.2) is 17.0 Å². The summed E-state index contributed by atoms with van der Waals surface area (Å²) in [6.45, 7) is 4.31. The number of hydrogen-bond donors (Lipinski definition) is 1. The van der Waals surface area contributed by atoms with E-state index < -0.39 is 11.9 Å². The second-order valence-corrected chi connectivity index (χ2v) is 6.70. The fourth-order valence-electron chi connectivity index (χ4n) is 3.15. The lowest BCUT2D eigenvalue weighted by Gasteiger charge is -2.16. The first-order chi connectivity index (χ1) is 13.1. The number of carboxylic acids is 1. The molecule has 0 amide bonds. The smallest absolute Gasteiger partial charge is 0.339 e. The van der Waals surface area contributed by atoms with Crippen molar-refractivity contribution in [3.05, 3.63) is 70.3 Å². The van der Waals surface area contributed by atoms with Crippen molar-refractivity contribution in [3.8, 4) is 0 Å². The molecular formula is C23H28O4. The Hall–Kier alpha value is -2.62. The van der Waals surface area contributed by atoms with E-state index in [4.69, 9.17) is 4.74 Å². The molecule has 0 aromatic heterocycles. The summed E-state index contributed by atoms with van der Waals surface area (Å²) in [5.74, 6) is -1.65. The molecule has 0 atom stereocenters. The van der Waals surface area contributed by atoms with Crippen molar-refractivity contribution in [1.29, 1.82) is 0 Å². The predicted octanol–water partition coefficient (Wildman–Crippen LogP) is 5.43. The average Bonchev–Trinajstić information content (AvgIpc) is 2.69. The lowest BCUT2D eigenvalue weighted by atomic mass is 9.90. The van der Waals surface area contributed by atoms with Gasteiger partial charge in [-0.1, -0.05) is 63.1 Å². The fourth-order valence-corrected chi connectivity index (χ4v) is 3.15. The van der Waals surface area contributed by atoms with E-state index in [0.717, 1.165) is 48.8 Å². The predicted molar refractivity (Wildman–Crippen MR) is 106 cm³/mol. The summed E-state index contributed by atoms with van der Waals surface area (Å²) in [5, 5.41) is 9.82. The Balaban J connectivity index is 2.33. The van der Waals surface area contributed by atoms with E-state index in [1.165, 1.54) is 0 Å². The lowest BCUT2D eigenvalue weighted by molar-refractivity contribution is 0.0463. The highest BCUT2D eigenvalue weighted by molar-refractivity contribution is 6.03. The Bertz CT molecular complexity index is 765. The molecule has 2 aromatic rings. The maximum absolute atomic E-state index is 12.6. The summed E-state index contributed by atoms with van der Waals surface area (Å²) in [5.41, 5.74) is 2.93. The standard InChI is InChI=1S/C23H28O4/c1-3-5-12-18-14-15-20(21(22(24)25)19(18)13-6-4-2)23(26)27-16-17-10-8-7-9-11-17/h7-11,14-15H,3-6,12-13,16H2,1-2H3,(H,24,25). The van der Waals surface area contributed by atoms with E-state index in [2.05, 4.69) is 13.8 Å². The van der Waals surface area contributed by atoms with Gasteiger partial charge >= 0.3 is 11.9 Å². The van der Waals surface area contributed by atoms with E-state index in [0.29, 0.717) is 6.42 Å². The summed E-state index contributed by atoms with van der Waals surface area (Å²) in [4.78, 5) is 24.6. The Morgan fingerprint density at radius 1 is 0.926 bits per heavy atom. The molecule has 0 spiro atoms. The van der Waals surface area contributed by atoms with Gasteiger partial charge in [0.1, 0.15) is 6.61 Å². The molecule has 0 aliphatic heterocycles. The van der Waals surface area contributed by atoms with Gasteiger partial charge in [0.2, 0.25) is 0 Å². The molecule has 0 bridgehead atoms. The van der Waals surface area contributed by atoms with Gasteiger partial charge in [-0.3, -0.25) is 0 Å². The number of carbonyl (C=O) groups excluding carboxylic acids is 1. The lowest BCUT2D eigenvalue weighted by Crippen LogP contribution is -2.16. The number of esters is 1. The van der Waals surface area contributed by atoms with Gasteiger partial charge in [-0.15, -0.1) is 0 Å². The van der Waals surface area contributed by atoms with E-state index in [-0.39, 0.29) is 17.7 Å². The minimum Gasteiger partial charge on any atom is -0.478 e. The van der Waals surface area contributed by atoms with Gasteiger partial charge in [0.05, 0.1) is 11.1 Å². The van der Waals surface area contributed by atoms with Gasteiger partial charge in [0.25, 0.3) is 0 Å². The van der Waals surface area contributed by atoms with E-state index in [1.54, 1.807) is 6.07 Å². The van der Waals surface area contributed by atoms with Crippen LogP contribution in [-0.2, 0) is 24.2 Å². The maximum atomic E-state index is 12.6. The van der Waals surface area contributed by atoms with Crippen LogP contribution < -0.4 is 0 Å². The number of hydrogen-bond acceptors (Lipinski definition) is 3. The average molecular weight is 368 g/mol. The number of carbonyl (C=O) groups is 2. The summed E-state index contributed by atoms with van der Waals surface area (Å²) >= 11 is 0. The SMILES string of the molecule is CCCCc1ccc(C(=O)OCc2ccccc2)c(C(=O)O)c1CCCC. The summed E-state index contributed by atoms with van der Waals surface area (Å²) in [6, 6.07) is 12.9. The van der Waals surface area contributed by atoms with Crippen molar-refractivity contribution < 1.29 is 19.4 Å². The number of carboxylic acid groups (broad SMARTS) is 1. The Labute approximate surface area is 161 Å². The van der Waals surface area contributed by atoms with Crippen molar-refractivity contribution >= 4 is 11.9 Å². The molecule has 0 saturated carbocycles. The number of unbranched alkanes of at least 4 members (excludes halogenated alkanes) is 2. The molecule has 1 N–H and O–H groups in total. The van der Waals surface area contributed by atoms with Gasteiger partial charge < -0.3 is 9.84 Å². The highest BCUT2D eigenvalue weighted by Gasteiger charge is 2.23. The van der Waals surface area contributed by atoms with Crippen LogP contribution in [0.2, 0.25) is 0 Å². The first-order valence-corrected chi connectivity index (χ1v) is 9.67. The zero-order chi connectivity index (χ0) is 19.6. The number of aryl methyl sites for hydroxylation is 1. The van der Waals surface area contributed by atoms with Crippen LogP contribution in [0.25, 0.3) is 0 Å². The Morgan fingerprint density at radius 2 is 1.59 bits per heavy atom. The Kier molecular flexibility index (Phi) is 8.05. The van der Waals surface area contributed by atoms with Crippen LogP contribution >= 0.6 is 0 Å². The van der Waals surface area contributed by atoms with Crippen LogP contribution in [0, 0.1) is 0 Å². The molecule has 2 aromatic carbocycles. The molecule has 0 heterocycles. The van der Waals surface area contributed by atoms with E-state index in [1.807, 2.05) is 36.4 Å². The fraction of sp³-hybridized carbons (Fsp3) is 0.391. The molecule has 4 nitrogen and oxygen atoms in total. The molecule has 0 unspecified atom stereocenters. The monoisotopic (exact) mass is 368 g/mol. The molecular weight excluding hydrogens is 340 g/mol. The number of rotatable bonds is 10. The minimum atomic E-state index is -1.06. The van der Waals surface area contributed by atoms with Crippen molar-refractivity contribution in [2.24, 2.45) is 0 Å². The second kappa shape index (κ2) is 10.5. The number of benzene rings is 2.